The minimum Gasteiger partial charge on any atom is -0.508 e. The number of aliphatic hydroxyl groups is 1. The molecule has 0 fully saturated rings. The van der Waals surface area contributed by atoms with Gasteiger partial charge in [0.25, 0.3) is 5.72 Å². The van der Waals surface area contributed by atoms with Crippen LogP contribution < -0.4 is 5.43 Å². The SMILES string of the molecule is O=C(CCc1ccccc1O)N1NC(c2ccc(Cl)cc2)=C[C@]1(O)C(F)(F)F. The number of amides is 1. The molecule has 0 aliphatic carbocycles. The van der Waals surface area contributed by atoms with Crippen LogP contribution >= 0.6 is 11.6 Å². The van der Waals surface area contributed by atoms with Crippen LogP contribution in [0.25, 0.3) is 5.70 Å². The van der Waals surface area contributed by atoms with Gasteiger partial charge in [0.15, 0.2) is 0 Å². The zero-order chi connectivity index (χ0) is 20.5. The van der Waals surface area contributed by atoms with Crippen molar-refractivity contribution >= 4 is 23.2 Å². The molecule has 1 atom stereocenters. The Kier molecular flexibility index (Phi) is 5.27. The van der Waals surface area contributed by atoms with Crippen LogP contribution in [-0.4, -0.2) is 33.0 Å². The number of carbonyl (C=O) groups is 1. The molecule has 28 heavy (non-hydrogen) atoms. The number of aromatic hydroxyl groups is 1. The number of phenols is 1. The van der Waals surface area contributed by atoms with Crippen LogP contribution in [-0.2, 0) is 11.2 Å². The highest BCUT2D eigenvalue weighted by Gasteiger charge is 2.61. The Morgan fingerprint density at radius 3 is 2.39 bits per heavy atom. The van der Waals surface area contributed by atoms with Crippen molar-refractivity contribution in [2.24, 2.45) is 0 Å². The van der Waals surface area contributed by atoms with Crippen LogP contribution in [0.4, 0.5) is 13.2 Å². The molecule has 1 amide bonds. The van der Waals surface area contributed by atoms with Gasteiger partial charge in [0.1, 0.15) is 5.75 Å². The summed E-state index contributed by atoms with van der Waals surface area (Å²) in [7, 11) is 0. The average Bonchev–Trinajstić information content (AvgIpc) is 3.00. The fourth-order valence-electron chi connectivity index (χ4n) is 2.82. The number of para-hydroxylation sites is 1. The summed E-state index contributed by atoms with van der Waals surface area (Å²) in [5, 5.41) is 20.6. The molecule has 2 aromatic carbocycles. The predicted octanol–water partition coefficient (Wildman–Crippen LogP) is 3.62. The third kappa shape index (κ3) is 3.79. The van der Waals surface area contributed by atoms with Crippen LogP contribution in [0.2, 0.25) is 5.02 Å². The fourth-order valence-corrected chi connectivity index (χ4v) is 2.94. The van der Waals surface area contributed by atoms with E-state index >= 15 is 0 Å². The van der Waals surface area contributed by atoms with Gasteiger partial charge in [-0.3, -0.25) is 10.2 Å². The number of nitrogens with zero attached hydrogens (tertiary/aromatic N) is 1. The first kappa shape index (κ1) is 20.0. The lowest BCUT2D eigenvalue weighted by Gasteiger charge is -2.33. The van der Waals surface area contributed by atoms with E-state index < -0.39 is 17.8 Å². The second-order valence-corrected chi connectivity index (χ2v) is 6.69. The van der Waals surface area contributed by atoms with Crippen LogP contribution in [0.15, 0.2) is 54.6 Å². The first-order chi connectivity index (χ1) is 13.1. The van der Waals surface area contributed by atoms with E-state index in [1.807, 2.05) is 0 Å². The topological polar surface area (TPSA) is 72.8 Å². The number of hydrogen-bond donors (Lipinski definition) is 3. The summed E-state index contributed by atoms with van der Waals surface area (Å²) >= 11 is 5.78. The van der Waals surface area contributed by atoms with Crippen molar-refractivity contribution in [3.63, 3.8) is 0 Å². The van der Waals surface area contributed by atoms with E-state index in [2.05, 4.69) is 5.43 Å². The first-order valence-corrected chi connectivity index (χ1v) is 8.64. The molecule has 5 nitrogen and oxygen atoms in total. The lowest BCUT2D eigenvalue weighted by molar-refractivity contribution is -0.288. The molecule has 0 unspecified atom stereocenters. The molecule has 0 aromatic heterocycles. The number of hydrogen-bond acceptors (Lipinski definition) is 4. The number of halogens is 4. The molecular weight excluding hydrogens is 397 g/mol. The third-order valence-corrected chi connectivity index (χ3v) is 4.59. The minimum absolute atomic E-state index is 0.00784. The molecule has 148 valence electrons. The van der Waals surface area contributed by atoms with E-state index in [1.165, 1.54) is 30.3 Å². The molecule has 2 aromatic rings. The van der Waals surface area contributed by atoms with Gasteiger partial charge in [-0.25, -0.2) is 5.01 Å². The Morgan fingerprint density at radius 1 is 1.14 bits per heavy atom. The highest BCUT2D eigenvalue weighted by atomic mass is 35.5. The molecule has 0 spiro atoms. The van der Waals surface area contributed by atoms with Gasteiger partial charge in [-0.1, -0.05) is 41.9 Å². The highest BCUT2D eigenvalue weighted by Crippen LogP contribution is 2.40. The number of aryl methyl sites for hydroxylation is 1. The summed E-state index contributed by atoms with van der Waals surface area (Å²) in [6.45, 7) is 0. The van der Waals surface area contributed by atoms with E-state index in [-0.39, 0.29) is 29.3 Å². The molecule has 3 rings (SSSR count). The maximum Gasteiger partial charge on any atom is 0.442 e. The number of nitrogens with one attached hydrogen (secondary N) is 1. The maximum atomic E-state index is 13.5. The van der Waals surface area contributed by atoms with Gasteiger partial charge < -0.3 is 10.2 Å². The Balaban J connectivity index is 1.84. The summed E-state index contributed by atoms with van der Waals surface area (Å²) in [6, 6.07) is 12.1. The quantitative estimate of drug-likeness (QED) is 0.717. The van der Waals surface area contributed by atoms with Crippen molar-refractivity contribution in [1.29, 1.82) is 0 Å². The molecule has 9 heteroatoms. The molecule has 1 aliphatic rings. The van der Waals surface area contributed by atoms with E-state index in [9.17, 15) is 28.2 Å². The largest absolute Gasteiger partial charge is 0.508 e. The van der Waals surface area contributed by atoms with Gasteiger partial charge in [-0.15, -0.1) is 0 Å². The average molecular weight is 413 g/mol. The van der Waals surface area contributed by atoms with Crippen molar-refractivity contribution in [3.8, 4) is 5.75 Å². The van der Waals surface area contributed by atoms with Crippen molar-refractivity contribution in [2.75, 3.05) is 0 Å². The standard InChI is InChI=1S/C19H16ClF3N2O3/c20-14-8-5-12(6-9-14)15-11-18(28,19(21,22)23)25(24-15)17(27)10-7-13-3-1-2-4-16(13)26/h1-6,8-9,11,24,26,28H,7,10H2/t18-/m0/s1. The smallest absolute Gasteiger partial charge is 0.442 e. The third-order valence-electron chi connectivity index (χ3n) is 4.34. The van der Waals surface area contributed by atoms with Crippen LogP contribution in [0, 0.1) is 0 Å². The monoisotopic (exact) mass is 412 g/mol. The summed E-state index contributed by atoms with van der Waals surface area (Å²) < 4.78 is 40.6. The van der Waals surface area contributed by atoms with Crippen molar-refractivity contribution in [1.82, 2.24) is 10.4 Å². The first-order valence-electron chi connectivity index (χ1n) is 8.26. The number of hydrazine groups is 1. The predicted molar refractivity (Wildman–Crippen MR) is 96.8 cm³/mol. The van der Waals surface area contributed by atoms with Crippen molar-refractivity contribution in [2.45, 2.75) is 24.7 Å². The zero-order valence-electron chi connectivity index (χ0n) is 14.4. The maximum absolute atomic E-state index is 13.5. The van der Waals surface area contributed by atoms with E-state index in [0.29, 0.717) is 22.2 Å². The second kappa shape index (κ2) is 7.37. The second-order valence-electron chi connectivity index (χ2n) is 6.26. The molecule has 3 N–H and O–H groups in total. The lowest BCUT2D eigenvalue weighted by atomic mass is 10.1. The van der Waals surface area contributed by atoms with Crippen LogP contribution in [0.1, 0.15) is 17.5 Å². The number of rotatable bonds is 4. The van der Waals surface area contributed by atoms with Crippen molar-refractivity contribution < 1.29 is 28.2 Å². The van der Waals surface area contributed by atoms with Gasteiger partial charge in [0, 0.05) is 17.5 Å². The summed E-state index contributed by atoms with van der Waals surface area (Å²) in [5.41, 5.74) is -0.499. The lowest BCUT2D eigenvalue weighted by Crippen LogP contribution is -2.60. The normalized spacial score (nSPS) is 19.3. The van der Waals surface area contributed by atoms with Gasteiger partial charge in [-0.2, -0.15) is 13.2 Å². The number of benzene rings is 2. The highest BCUT2D eigenvalue weighted by molar-refractivity contribution is 6.30. The summed E-state index contributed by atoms with van der Waals surface area (Å²) in [4.78, 5) is 12.5. The van der Waals surface area contributed by atoms with Gasteiger partial charge in [0.2, 0.25) is 5.91 Å². The molecule has 0 bridgehead atoms. The van der Waals surface area contributed by atoms with E-state index in [1.54, 1.807) is 18.2 Å². The number of alkyl halides is 3. The molecular formula is C19H16ClF3N2O3. The molecule has 1 aliphatic heterocycles. The Bertz CT molecular complexity index is 915. The zero-order valence-corrected chi connectivity index (χ0v) is 15.1. The fraction of sp³-hybridized carbons (Fsp3) is 0.211. The number of carbonyl (C=O) groups excluding carboxylic acids is 1. The van der Waals surface area contributed by atoms with E-state index in [0.717, 1.165) is 0 Å². The van der Waals surface area contributed by atoms with Crippen LogP contribution in [0.3, 0.4) is 0 Å². The Labute approximate surface area is 163 Å². The minimum atomic E-state index is -5.13. The Morgan fingerprint density at radius 2 is 1.79 bits per heavy atom. The van der Waals surface area contributed by atoms with E-state index in [4.69, 9.17) is 11.6 Å². The van der Waals surface area contributed by atoms with Gasteiger partial charge in [0.05, 0.1) is 5.70 Å². The summed E-state index contributed by atoms with van der Waals surface area (Å²) in [6.07, 6.45) is -4.93. The van der Waals surface area contributed by atoms with Gasteiger partial charge in [-0.05, 0) is 35.7 Å². The summed E-state index contributed by atoms with van der Waals surface area (Å²) in [5.74, 6) is -1.04. The molecule has 0 radical (unpaired) electrons. The van der Waals surface area contributed by atoms with Gasteiger partial charge >= 0.3 is 6.18 Å². The molecule has 0 saturated heterocycles. The van der Waals surface area contributed by atoms with Crippen molar-refractivity contribution in [3.05, 3.63) is 70.8 Å². The molecule has 0 saturated carbocycles. The number of phenolic OH excluding ortho intramolecular Hbond substituents is 1. The van der Waals surface area contributed by atoms with Crippen LogP contribution in [0.5, 0.6) is 5.75 Å². The molecule has 1 heterocycles. The Hall–Kier alpha value is -2.71.